The predicted molar refractivity (Wildman–Crippen MR) is 117 cm³/mol. The summed E-state index contributed by atoms with van der Waals surface area (Å²) in [4.78, 5) is 16.1. The number of aryl methyl sites for hydroxylation is 2. The summed E-state index contributed by atoms with van der Waals surface area (Å²) in [6.45, 7) is 2.52. The fraction of sp³-hybridized carbons (Fsp3) is 0.280. The molecule has 4 rings (SSSR count). The van der Waals surface area contributed by atoms with Crippen LogP contribution >= 0.6 is 0 Å². The number of methoxy groups -OCH3 is 1. The molecule has 1 N–H and O–H groups in total. The summed E-state index contributed by atoms with van der Waals surface area (Å²) in [5.41, 5.74) is 4.45. The smallest absolute Gasteiger partial charge is 0.340 e. The van der Waals surface area contributed by atoms with Gasteiger partial charge in [0.15, 0.2) is 11.6 Å². The zero-order valence-electron chi connectivity index (χ0n) is 17.7. The number of carbonyl (C=O) groups is 1. The van der Waals surface area contributed by atoms with E-state index in [0.29, 0.717) is 29.5 Å². The normalized spacial score (nSPS) is 15.1. The van der Waals surface area contributed by atoms with Gasteiger partial charge in [-0.15, -0.1) is 0 Å². The lowest BCUT2D eigenvalue weighted by Crippen LogP contribution is -2.19. The maximum Gasteiger partial charge on any atom is 0.340 e. The molecule has 1 heterocycles. The number of halogens is 1. The van der Waals surface area contributed by atoms with Gasteiger partial charge in [0, 0.05) is 18.7 Å². The first-order valence-corrected chi connectivity index (χ1v) is 10.4. The first kappa shape index (κ1) is 20.8. The molecule has 1 aliphatic carbocycles. The molecule has 0 fully saturated rings. The van der Waals surface area contributed by atoms with Crippen molar-refractivity contribution in [3.63, 3.8) is 0 Å². The van der Waals surface area contributed by atoms with E-state index in [9.17, 15) is 9.18 Å². The van der Waals surface area contributed by atoms with Crippen LogP contribution in [0.4, 0.5) is 10.1 Å². The average molecular weight is 420 g/mol. The molecule has 6 heteroatoms. The summed E-state index contributed by atoms with van der Waals surface area (Å²) in [5.74, 6) is 0.401. The van der Waals surface area contributed by atoms with E-state index in [-0.39, 0.29) is 17.5 Å². The Labute approximate surface area is 181 Å². The summed E-state index contributed by atoms with van der Waals surface area (Å²) in [6, 6.07) is 12.6. The minimum Gasteiger partial charge on any atom is -0.465 e. The molecule has 0 saturated carbocycles. The number of esters is 1. The van der Waals surface area contributed by atoms with Gasteiger partial charge in [0.2, 0.25) is 0 Å². The molecular formula is C25H25FN2O3. The van der Waals surface area contributed by atoms with Gasteiger partial charge >= 0.3 is 5.97 Å². The topological polar surface area (TPSA) is 60.5 Å². The highest BCUT2D eigenvalue weighted by Crippen LogP contribution is 2.35. The molecule has 1 unspecified atom stereocenters. The molecule has 3 aromatic rings. The molecule has 0 radical (unpaired) electrons. The number of nitrogens with zero attached hydrogens (tertiary/aromatic N) is 1. The lowest BCUT2D eigenvalue weighted by Gasteiger charge is -2.27. The highest BCUT2D eigenvalue weighted by molar-refractivity contribution is 5.95. The Kier molecular flexibility index (Phi) is 6.16. The molecule has 0 bridgehead atoms. The number of aromatic nitrogens is 1. The van der Waals surface area contributed by atoms with Crippen LogP contribution in [0.1, 0.15) is 45.8 Å². The van der Waals surface area contributed by atoms with Crippen LogP contribution < -0.4 is 10.1 Å². The second-order valence-corrected chi connectivity index (χ2v) is 7.78. The fourth-order valence-electron chi connectivity index (χ4n) is 4.04. The number of benzene rings is 2. The third-order valence-corrected chi connectivity index (χ3v) is 5.63. The van der Waals surface area contributed by atoms with Gasteiger partial charge in [0.25, 0.3) is 0 Å². The molecule has 1 atom stereocenters. The highest BCUT2D eigenvalue weighted by atomic mass is 19.1. The summed E-state index contributed by atoms with van der Waals surface area (Å²) in [6.07, 6.45) is 6.27. The molecule has 31 heavy (non-hydrogen) atoms. The quantitative estimate of drug-likeness (QED) is 0.523. The van der Waals surface area contributed by atoms with Crippen molar-refractivity contribution in [1.82, 2.24) is 4.98 Å². The number of pyridine rings is 1. The molecule has 2 aromatic carbocycles. The lowest BCUT2D eigenvalue weighted by molar-refractivity contribution is 0.0601. The van der Waals surface area contributed by atoms with Gasteiger partial charge in [0.1, 0.15) is 5.75 Å². The van der Waals surface area contributed by atoms with Gasteiger partial charge in [-0.1, -0.05) is 12.1 Å². The maximum atomic E-state index is 14.1. The summed E-state index contributed by atoms with van der Waals surface area (Å²) in [5, 5.41) is 3.36. The Hall–Kier alpha value is -3.41. The van der Waals surface area contributed by atoms with E-state index in [4.69, 9.17) is 9.47 Å². The van der Waals surface area contributed by atoms with Crippen molar-refractivity contribution in [2.24, 2.45) is 0 Å². The Morgan fingerprint density at radius 2 is 2.10 bits per heavy atom. The summed E-state index contributed by atoms with van der Waals surface area (Å²) < 4.78 is 24.8. The van der Waals surface area contributed by atoms with E-state index in [0.717, 1.165) is 24.8 Å². The Bertz CT molecular complexity index is 1100. The number of anilines is 1. The minimum atomic E-state index is -0.390. The second-order valence-electron chi connectivity index (χ2n) is 7.78. The van der Waals surface area contributed by atoms with E-state index in [2.05, 4.69) is 16.4 Å². The Morgan fingerprint density at radius 3 is 2.90 bits per heavy atom. The predicted octanol–water partition coefficient (Wildman–Crippen LogP) is 5.64. The first-order chi connectivity index (χ1) is 15.0. The molecule has 0 amide bonds. The molecule has 1 aromatic heterocycles. The zero-order chi connectivity index (χ0) is 21.8. The Balaban J connectivity index is 1.49. The number of nitrogens with one attached hydrogen (secondary N) is 1. The van der Waals surface area contributed by atoms with Crippen LogP contribution in [-0.4, -0.2) is 24.6 Å². The SMILES string of the molecule is COC(=O)c1ccncc1NCC1CCCc2cc(Oc3ccc(C)cc3F)ccc21. The van der Waals surface area contributed by atoms with Crippen LogP contribution in [-0.2, 0) is 11.2 Å². The number of hydrogen-bond acceptors (Lipinski definition) is 5. The van der Waals surface area contributed by atoms with Crippen molar-refractivity contribution in [2.75, 3.05) is 19.0 Å². The fourth-order valence-corrected chi connectivity index (χ4v) is 4.04. The van der Waals surface area contributed by atoms with Crippen molar-refractivity contribution in [3.05, 3.63) is 82.9 Å². The third kappa shape index (κ3) is 4.68. The van der Waals surface area contributed by atoms with E-state index >= 15 is 0 Å². The molecule has 160 valence electrons. The number of fused-ring (bicyclic) bond motifs is 1. The van der Waals surface area contributed by atoms with Crippen LogP contribution in [0.3, 0.4) is 0 Å². The molecule has 0 saturated heterocycles. The van der Waals surface area contributed by atoms with Crippen LogP contribution in [0, 0.1) is 12.7 Å². The highest BCUT2D eigenvalue weighted by Gasteiger charge is 2.22. The van der Waals surface area contributed by atoms with Gasteiger partial charge in [-0.25, -0.2) is 9.18 Å². The second kappa shape index (κ2) is 9.16. The van der Waals surface area contributed by atoms with Gasteiger partial charge in [0.05, 0.1) is 24.6 Å². The Morgan fingerprint density at radius 1 is 1.23 bits per heavy atom. The van der Waals surface area contributed by atoms with Gasteiger partial charge in [-0.3, -0.25) is 4.98 Å². The van der Waals surface area contributed by atoms with Gasteiger partial charge < -0.3 is 14.8 Å². The molecular weight excluding hydrogens is 395 g/mol. The number of ether oxygens (including phenoxy) is 2. The van der Waals surface area contributed by atoms with Crippen LogP contribution in [0.25, 0.3) is 0 Å². The van der Waals surface area contributed by atoms with Crippen molar-refractivity contribution in [1.29, 1.82) is 0 Å². The van der Waals surface area contributed by atoms with E-state index in [1.165, 1.54) is 24.3 Å². The maximum absolute atomic E-state index is 14.1. The number of hydrogen-bond donors (Lipinski definition) is 1. The summed E-state index contributed by atoms with van der Waals surface area (Å²) in [7, 11) is 1.37. The molecule has 0 aliphatic heterocycles. The lowest BCUT2D eigenvalue weighted by atomic mass is 9.82. The van der Waals surface area contributed by atoms with Crippen LogP contribution in [0.2, 0.25) is 0 Å². The minimum absolute atomic E-state index is 0.228. The number of carbonyl (C=O) groups excluding carboxylic acids is 1. The monoisotopic (exact) mass is 420 g/mol. The van der Waals surface area contributed by atoms with Crippen LogP contribution in [0.5, 0.6) is 11.5 Å². The van der Waals surface area contributed by atoms with Gasteiger partial charge in [-0.2, -0.15) is 0 Å². The third-order valence-electron chi connectivity index (χ3n) is 5.63. The molecule has 0 spiro atoms. The molecule has 5 nitrogen and oxygen atoms in total. The largest absolute Gasteiger partial charge is 0.465 e. The van der Waals surface area contributed by atoms with Gasteiger partial charge in [-0.05, 0) is 73.2 Å². The van der Waals surface area contributed by atoms with Crippen LogP contribution in [0.15, 0.2) is 54.9 Å². The molecule has 1 aliphatic rings. The average Bonchev–Trinajstić information content (AvgIpc) is 2.79. The van der Waals surface area contributed by atoms with E-state index in [1.54, 1.807) is 24.5 Å². The summed E-state index contributed by atoms with van der Waals surface area (Å²) >= 11 is 0. The standard InChI is InChI=1S/C25H25FN2O3/c1-16-6-9-24(22(26)12-16)31-19-7-8-20-17(13-19)4-3-5-18(20)14-28-23-15-27-11-10-21(23)25(29)30-2/h6-13,15,18,28H,3-5,14H2,1-2H3. The van der Waals surface area contributed by atoms with E-state index < -0.39 is 0 Å². The number of rotatable bonds is 6. The zero-order valence-corrected chi connectivity index (χ0v) is 17.7. The van der Waals surface area contributed by atoms with Crippen molar-refractivity contribution in [3.8, 4) is 11.5 Å². The van der Waals surface area contributed by atoms with Crippen molar-refractivity contribution < 1.29 is 18.7 Å². The first-order valence-electron chi connectivity index (χ1n) is 10.4. The van der Waals surface area contributed by atoms with Crippen molar-refractivity contribution >= 4 is 11.7 Å². The van der Waals surface area contributed by atoms with Crippen molar-refractivity contribution in [2.45, 2.75) is 32.1 Å². The van der Waals surface area contributed by atoms with E-state index in [1.807, 2.05) is 25.1 Å².